The molecule has 4 rings (SSSR count). The number of nitrogens with zero attached hydrogens (tertiary/aromatic N) is 3. The Balaban J connectivity index is 1.50. The minimum absolute atomic E-state index is 0.0927. The predicted octanol–water partition coefficient (Wildman–Crippen LogP) is 3.86. The molecule has 1 aliphatic heterocycles. The Morgan fingerprint density at radius 2 is 2.07 bits per heavy atom. The summed E-state index contributed by atoms with van der Waals surface area (Å²) in [4.78, 5) is 23.3. The molecular formula is C21H19F2N3O. The summed E-state index contributed by atoms with van der Waals surface area (Å²) in [6.45, 7) is 1.15. The first-order chi connectivity index (χ1) is 13.1. The van der Waals surface area contributed by atoms with E-state index >= 15 is 0 Å². The summed E-state index contributed by atoms with van der Waals surface area (Å²) in [5.41, 5.74) is 1.89. The van der Waals surface area contributed by atoms with E-state index in [1.807, 2.05) is 18.2 Å². The van der Waals surface area contributed by atoms with Gasteiger partial charge in [-0.1, -0.05) is 0 Å². The number of piperidine rings is 1. The first-order valence-corrected chi connectivity index (χ1v) is 9.02. The molecule has 1 amide bonds. The van der Waals surface area contributed by atoms with Gasteiger partial charge in [-0.3, -0.25) is 14.8 Å². The topological polar surface area (TPSA) is 46.1 Å². The highest BCUT2D eigenvalue weighted by atomic mass is 19.1. The lowest BCUT2D eigenvalue weighted by Crippen LogP contribution is -2.40. The Labute approximate surface area is 155 Å². The number of likely N-dealkylation sites (tertiary alicyclic amines) is 1. The Morgan fingerprint density at radius 3 is 2.96 bits per heavy atom. The Bertz CT molecular complexity index is 992. The summed E-state index contributed by atoms with van der Waals surface area (Å²) in [5.74, 6) is -1.17. The Hall–Kier alpha value is -2.89. The second kappa shape index (κ2) is 7.39. The number of carbonyl (C=O) groups excluding carboxylic acids is 1. The molecule has 3 heterocycles. The zero-order valence-corrected chi connectivity index (χ0v) is 14.7. The van der Waals surface area contributed by atoms with Crippen molar-refractivity contribution in [3.8, 4) is 0 Å². The van der Waals surface area contributed by atoms with Crippen molar-refractivity contribution in [1.29, 1.82) is 0 Å². The molecule has 0 saturated carbocycles. The summed E-state index contributed by atoms with van der Waals surface area (Å²) in [7, 11) is 0. The lowest BCUT2D eigenvalue weighted by atomic mass is 9.93. The smallest absolute Gasteiger partial charge is 0.227 e. The van der Waals surface area contributed by atoms with Crippen LogP contribution in [0, 0.1) is 11.6 Å². The first kappa shape index (κ1) is 17.5. The fourth-order valence-electron chi connectivity index (χ4n) is 3.60. The van der Waals surface area contributed by atoms with Gasteiger partial charge in [-0.25, -0.2) is 8.78 Å². The van der Waals surface area contributed by atoms with Crippen LogP contribution < -0.4 is 0 Å². The summed E-state index contributed by atoms with van der Waals surface area (Å²) in [6, 6.07) is 9.01. The zero-order valence-electron chi connectivity index (χ0n) is 14.7. The quantitative estimate of drug-likeness (QED) is 0.706. The van der Waals surface area contributed by atoms with E-state index in [0.717, 1.165) is 47.6 Å². The maximum Gasteiger partial charge on any atom is 0.227 e. The van der Waals surface area contributed by atoms with Crippen molar-refractivity contribution in [2.75, 3.05) is 13.1 Å². The summed E-state index contributed by atoms with van der Waals surface area (Å²) in [6.07, 6.45) is 5.20. The van der Waals surface area contributed by atoms with E-state index in [1.165, 1.54) is 0 Å². The molecule has 0 N–H and O–H groups in total. The number of fused-ring (bicyclic) bond motifs is 1. The van der Waals surface area contributed by atoms with Crippen LogP contribution in [0.3, 0.4) is 0 Å². The van der Waals surface area contributed by atoms with E-state index in [0.29, 0.717) is 13.1 Å². The maximum absolute atomic E-state index is 13.8. The van der Waals surface area contributed by atoms with Crippen LogP contribution in [0.15, 0.2) is 48.8 Å². The Kier molecular flexibility index (Phi) is 4.79. The average molecular weight is 367 g/mol. The van der Waals surface area contributed by atoms with Crippen molar-refractivity contribution in [3.05, 3.63) is 71.7 Å². The highest BCUT2D eigenvalue weighted by Crippen LogP contribution is 2.27. The number of benzene rings is 1. The molecule has 0 radical (unpaired) electrons. The van der Waals surface area contributed by atoms with Gasteiger partial charge in [0.05, 0.1) is 11.9 Å². The van der Waals surface area contributed by atoms with E-state index < -0.39 is 11.6 Å². The minimum atomic E-state index is -0.555. The molecule has 1 aromatic carbocycles. The number of aromatic nitrogens is 2. The highest BCUT2D eigenvalue weighted by molar-refractivity contribution is 5.79. The molecule has 0 aliphatic carbocycles. The molecule has 1 atom stereocenters. The van der Waals surface area contributed by atoms with Crippen LogP contribution in [0.25, 0.3) is 10.9 Å². The molecule has 0 bridgehead atoms. The van der Waals surface area contributed by atoms with Gasteiger partial charge in [0.25, 0.3) is 0 Å². The summed E-state index contributed by atoms with van der Waals surface area (Å²) in [5, 5.41) is 0.978. The van der Waals surface area contributed by atoms with Crippen LogP contribution in [0.4, 0.5) is 8.78 Å². The van der Waals surface area contributed by atoms with Gasteiger partial charge in [0.15, 0.2) is 0 Å². The molecule has 1 aliphatic rings. The number of hydrogen-bond donors (Lipinski definition) is 0. The van der Waals surface area contributed by atoms with Crippen LogP contribution in [0.1, 0.15) is 30.0 Å². The van der Waals surface area contributed by atoms with Gasteiger partial charge in [0, 0.05) is 48.0 Å². The zero-order chi connectivity index (χ0) is 18.8. The highest BCUT2D eigenvalue weighted by Gasteiger charge is 2.26. The van der Waals surface area contributed by atoms with Crippen LogP contribution in [0.5, 0.6) is 0 Å². The van der Waals surface area contributed by atoms with E-state index in [1.54, 1.807) is 17.3 Å². The minimum Gasteiger partial charge on any atom is -0.342 e. The predicted molar refractivity (Wildman–Crippen MR) is 98.2 cm³/mol. The molecule has 6 heteroatoms. The molecule has 4 nitrogen and oxygen atoms in total. The first-order valence-electron chi connectivity index (χ1n) is 9.02. The van der Waals surface area contributed by atoms with Crippen molar-refractivity contribution in [1.82, 2.24) is 14.9 Å². The third-order valence-corrected chi connectivity index (χ3v) is 5.05. The molecule has 1 fully saturated rings. The van der Waals surface area contributed by atoms with Crippen LogP contribution in [0.2, 0.25) is 0 Å². The monoisotopic (exact) mass is 367 g/mol. The number of carbonyl (C=O) groups is 1. The summed E-state index contributed by atoms with van der Waals surface area (Å²) >= 11 is 0. The molecule has 2 aromatic heterocycles. The fraction of sp³-hybridized carbons (Fsp3) is 0.286. The molecule has 1 saturated heterocycles. The normalized spacial score (nSPS) is 17.3. The van der Waals surface area contributed by atoms with Crippen molar-refractivity contribution < 1.29 is 13.6 Å². The van der Waals surface area contributed by atoms with Crippen LogP contribution in [-0.2, 0) is 11.2 Å². The third kappa shape index (κ3) is 3.79. The molecule has 27 heavy (non-hydrogen) atoms. The second-order valence-electron chi connectivity index (χ2n) is 6.90. The van der Waals surface area contributed by atoms with Gasteiger partial charge < -0.3 is 4.90 Å². The largest absolute Gasteiger partial charge is 0.342 e. The number of pyridine rings is 2. The van der Waals surface area contributed by atoms with Crippen molar-refractivity contribution in [3.63, 3.8) is 0 Å². The van der Waals surface area contributed by atoms with Gasteiger partial charge in [-0.2, -0.15) is 0 Å². The number of halogens is 2. The van der Waals surface area contributed by atoms with E-state index in [9.17, 15) is 13.6 Å². The maximum atomic E-state index is 13.8. The van der Waals surface area contributed by atoms with Crippen molar-refractivity contribution in [2.45, 2.75) is 25.2 Å². The van der Waals surface area contributed by atoms with Crippen LogP contribution in [-0.4, -0.2) is 33.9 Å². The molecule has 138 valence electrons. The fourth-order valence-corrected chi connectivity index (χ4v) is 3.60. The molecular weight excluding hydrogens is 348 g/mol. The molecule has 3 aromatic rings. The van der Waals surface area contributed by atoms with E-state index in [2.05, 4.69) is 9.97 Å². The van der Waals surface area contributed by atoms with Crippen molar-refractivity contribution >= 4 is 16.8 Å². The van der Waals surface area contributed by atoms with E-state index in [4.69, 9.17) is 0 Å². The second-order valence-corrected chi connectivity index (χ2v) is 6.90. The SMILES string of the molecule is O=C(Cc1cc(F)ccc1F)N1CCC[C@@H](c2cc3ncccc3cn2)C1. The van der Waals surface area contributed by atoms with Crippen molar-refractivity contribution in [2.24, 2.45) is 0 Å². The standard InChI is InChI=1S/C21H19F2N3O/c22-17-5-6-18(23)16(9-17)10-21(27)26-8-2-4-15(13-26)20-11-19-14(12-25-20)3-1-7-24-19/h1,3,5-7,9,11-12,15H,2,4,8,10,13H2/t15-/m1/s1. The third-order valence-electron chi connectivity index (χ3n) is 5.05. The molecule has 0 spiro atoms. The van der Waals surface area contributed by atoms with Gasteiger partial charge in [0.1, 0.15) is 11.6 Å². The Morgan fingerprint density at radius 1 is 1.19 bits per heavy atom. The van der Waals surface area contributed by atoms with Gasteiger partial charge >= 0.3 is 0 Å². The number of rotatable bonds is 3. The van der Waals surface area contributed by atoms with Crippen LogP contribution >= 0.6 is 0 Å². The molecule has 0 unspecified atom stereocenters. The average Bonchev–Trinajstić information content (AvgIpc) is 2.70. The number of amides is 1. The van der Waals surface area contributed by atoms with Gasteiger partial charge in [0.2, 0.25) is 5.91 Å². The van der Waals surface area contributed by atoms with Gasteiger partial charge in [-0.15, -0.1) is 0 Å². The lowest BCUT2D eigenvalue weighted by molar-refractivity contribution is -0.131. The number of hydrogen-bond acceptors (Lipinski definition) is 3. The van der Waals surface area contributed by atoms with Gasteiger partial charge in [-0.05, 0) is 49.2 Å². The lowest BCUT2D eigenvalue weighted by Gasteiger charge is -2.32. The van der Waals surface area contributed by atoms with E-state index in [-0.39, 0.29) is 23.8 Å². The summed E-state index contributed by atoms with van der Waals surface area (Å²) < 4.78 is 27.2.